The molecule has 0 radical (unpaired) electrons. The van der Waals surface area contributed by atoms with Crippen molar-refractivity contribution in [3.8, 4) is 23.0 Å². The highest BCUT2D eigenvalue weighted by molar-refractivity contribution is 5.82. The Balaban J connectivity index is 1.91. The third-order valence-electron chi connectivity index (χ3n) is 4.79. The lowest BCUT2D eigenvalue weighted by atomic mass is 10.1. The fourth-order valence-electron chi connectivity index (χ4n) is 3.34. The average Bonchev–Trinajstić information content (AvgIpc) is 2.74. The Morgan fingerprint density at radius 3 is 2.36 bits per heavy atom. The van der Waals surface area contributed by atoms with Crippen molar-refractivity contribution in [3.05, 3.63) is 56.7 Å². The van der Waals surface area contributed by atoms with Crippen LogP contribution in [0.3, 0.4) is 0 Å². The minimum Gasteiger partial charge on any atom is -0.493 e. The highest BCUT2D eigenvalue weighted by Gasteiger charge is 2.17. The monoisotopic (exact) mass is 384 g/mol. The molecule has 1 aliphatic heterocycles. The Kier molecular flexibility index (Phi) is 4.46. The molecule has 28 heavy (non-hydrogen) atoms. The maximum atomic E-state index is 12.8. The summed E-state index contributed by atoms with van der Waals surface area (Å²) in [6, 6.07) is 8.78. The molecule has 0 bridgehead atoms. The number of ether oxygens (including phenoxy) is 4. The van der Waals surface area contributed by atoms with Crippen LogP contribution in [0.15, 0.2) is 39.9 Å². The van der Waals surface area contributed by atoms with Crippen LogP contribution in [0.1, 0.15) is 5.56 Å². The van der Waals surface area contributed by atoms with Crippen molar-refractivity contribution in [1.29, 1.82) is 0 Å². The molecule has 1 aliphatic rings. The molecule has 0 unspecified atom stereocenters. The normalized spacial score (nSPS) is 12.8. The first kappa shape index (κ1) is 18.0. The maximum absolute atomic E-state index is 12.8. The van der Waals surface area contributed by atoms with Gasteiger partial charge >= 0.3 is 5.69 Å². The van der Waals surface area contributed by atoms with E-state index in [1.165, 1.54) is 25.8 Å². The van der Waals surface area contributed by atoms with E-state index in [9.17, 15) is 9.59 Å². The van der Waals surface area contributed by atoms with Crippen molar-refractivity contribution in [3.63, 3.8) is 0 Å². The summed E-state index contributed by atoms with van der Waals surface area (Å²) in [5, 5.41) is 0.372. The van der Waals surface area contributed by atoms with E-state index in [4.69, 9.17) is 18.9 Å². The fraction of sp³-hybridized carbons (Fsp3) is 0.300. The van der Waals surface area contributed by atoms with E-state index >= 15 is 0 Å². The second-order valence-corrected chi connectivity index (χ2v) is 6.44. The summed E-state index contributed by atoms with van der Waals surface area (Å²) in [7, 11) is 4.47. The van der Waals surface area contributed by atoms with Gasteiger partial charge < -0.3 is 18.9 Å². The molecule has 2 aromatic carbocycles. The number of nitrogens with zero attached hydrogens (tertiary/aromatic N) is 2. The molecule has 0 N–H and O–H groups in total. The van der Waals surface area contributed by atoms with Crippen LogP contribution in [0.4, 0.5) is 0 Å². The number of benzene rings is 2. The molecular weight excluding hydrogens is 364 g/mol. The van der Waals surface area contributed by atoms with Crippen LogP contribution in [-0.2, 0) is 13.6 Å². The lowest BCUT2D eigenvalue weighted by Gasteiger charge is -2.19. The zero-order valence-electron chi connectivity index (χ0n) is 15.9. The SMILES string of the molecule is COc1cc2c(=O)n(C)c(=O)n(Cc3ccc4c(c3)OCCO4)c2cc1OC. The van der Waals surface area contributed by atoms with Gasteiger partial charge in [0.1, 0.15) is 13.2 Å². The Morgan fingerprint density at radius 2 is 1.64 bits per heavy atom. The molecule has 0 spiro atoms. The smallest absolute Gasteiger partial charge is 0.331 e. The van der Waals surface area contributed by atoms with Gasteiger partial charge in [0, 0.05) is 13.1 Å². The van der Waals surface area contributed by atoms with Gasteiger partial charge in [0.2, 0.25) is 0 Å². The Morgan fingerprint density at radius 1 is 0.964 bits per heavy atom. The fourth-order valence-corrected chi connectivity index (χ4v) is 3.34. The van der Waals surface area contributed by atoms with Gasteiger partial charge in [-0.2, -0.15) is 0 Å². The van der Waals surface area contributed by atoms with E-state index in [-0.39, 0.29) is 12.1 Å². The minimum absolute atomic E-state index is 0.260. The van der Waals surface area contributed by atoms with Crippen molar-refractivity contribution >= 4 is 10.9 Å². The molecule has 1 aromatic heterocycles. The minimum atomic E-state index is -0.417. The summed E-state index contributed by atoms with van der Waals surface area (Å²) < 4.78 is 24.4. The summed E-state index contributed by atoms with van der Waals surface area (Å²) in [5.41, 5.74) is 0.515. The third-order valence-corrected chi connectivity index (χ3v) is 4.79. The average molecular weight is 384 g/mol. The van der Waals surface area contributed by atoms with E-state index in [1.807, 2.05) is 18.2 Å². The Bertz CT molecular complexity index is 1180. The molecule has 0 fully saturated rings. The first-order valence-electron chi connectivity index (χ1n) is 8.77. The van der Waals surface area contributed by atoms with Gasteiger partial charge in [-0.15, -0.1) is 0 Å². The van der Waals surface area contributed by atoms with Crippen molar-refractivity contribution in [2.24, 2.45) is 7.05 Å². The van der Waals surface area contributed by atoms with Crippen LogP contribution in [0, 0.1) is 0 Å². The second kappa shape index (κ2) is 6.95. The van der Waals surface area contributed by atoms with Gasteiger partial charge in [-0.05, 0) is 23.8 Å². The molecular formula is C20H20N2O6. The standard InChI is InChI=1S/C20H20N2O6/c1-21-19(23)13-9-16(25-2)17(26-3)10-14(13)22(20(21)24)11-12-4-5-15-18(8-12)28-7-6-27-15/h4-5,8-10H,6-7,11H2,1-3H3. The first-order valence-corrected chi connectivity index (χ1v) is 8.77. The number of aromatic nitrogens is 2. The molecule has 0 amide bonds. The predicted molar refractivity (Wildman–Crippen MR) is 103 cm³/mol. The molecule has 2 heterocycles. The van der Waals surface area contributed by atoms with E-state index in [0.29, 0.717) is 47.1 Å². The molecule has 0 saturated heterocycles. The highest BCUT2D eigenvalue weighted by Crippen LogP contribution is 2.32. The van der Waals surface area contributed by atoms with Crippen molar-refractivity contribution < 1.29 is 18.9 Å². The van der Waals surface area contributed by atoms with Crippen molar-refractivity contribution in [2.45, 2.75) is 6.54 Å². The summed E-state index contributed by atoms with van der Waals surface area (Å²) in [6.07, 6.45) is 0. The first-order chi connectivity index (χ1) is 13.5. The van der Waals surface area contributed by atoms with Gasteiger partial charge in [-0.1, -0.05) is 6.07 Å². The summed E-state index contributed by atoms with van der Waals surface area (Å²) in [5.74, 6) is 2.19. The van der Waals surface area contributed by atoms with Crippen LogP contribution in [-0.4, -0.2) is 36.6 Å². The molecule has 146 valence electrons. The molecule has 8 heteroatoms. The molecule has 3 aromatic rings. The van der Waals surface area contributed by atoms with E-state index in [1.54, 1.807) is 12.1 Å². The zero-order chi connectivity index (χ0) is 19.8. The maximum Gasteiger partial charge on any atom is 0.331 e. The number of methoxy groups -OCH3 is 2. The van der Waals surface area contributed by atoms with Crippen LogP contribution < -0.4 is 30.2 Å². The third kappa shape index (κ3) is 2.87. The summed E-state index contributed by atoms with van der Waals surface area (Å²) >= 11 is 0. The number of hydrogen-bond acceptors (Lipinski definition) is 6. The second-order valence-electron chi connectivity index (χ2n) is 6.44. The summed E-state index contributed by atoms with van der Waals surface area (Å²) in [4.78, 5) is 25.5. The number of rotatable bonds is 4. The lowest BCUT2D eigenvalue weighted by Crippen LogP contribution is -2.38. The zero-order valence-corrected chi connectivity index (χ0v) is 15.9. The molecule has 8 nitrogen and oxygen atoms in total. The van der Waals surface area contributed by atoms with E-state index < -0.39 is 5.69 Å². The molecule has 0 aliphatic carbocycles. The largest absolute Gasteiger partial charge is 0.493 e. The number of hydrogen-bond donors (Lipinski definition) is 0. The highest BCUT2D eigenvalue weighted by atomic mass is 16.6. The van der Waals surface area contributed by atoms with Crippen LogP contribution in [0.2, 0.25) is 0 Å². The van der Waals surface area contributed by atoms with Crippen molar-refractivity contribution in [2.75, 3.05) is 27.4 Å². The topological polar surface area (TPSA) is 80.9 Å². The van der Waals surface area contributed by atoms with Crippen LogP contribution in [0.5, 0.6) is 23.0 Å². The van der Waals surface area contributed by atoms with Crippen molar-refractivity contribution in [1.82, 2.24) is 9.13 Å². The van der Waals surface area contributed by atoms with Crippen LogP contribution in [0.25, 0.3) is 10.9 Å². The Labute approximate surface area is 160 Å². The number of fused-ring (bicyclic) bond motifs is 2. The van der Waals surface area contributed by atoms with Crippen LogP contribution >= 0.6 is 0 Å². The molecule has 0 saturated carbocycles. The quantitative estimate of drug-likeness (QED) is 0.679. The predicted octanol–water partition coefficient (Wildman–Crippen LogP) is 1.54. The lowest BCUT2D eigenvalue weighted by molar-refractivity contribution is 0.171. The summed E-state index contributed by atoms with van der Waals surface area (Å²) in [6.45, 7) is 1.25. The molecule has 4 rings (SSSR count). The Hall–Kier alpha value is -3.42. The molecule has 0 atom stereocenters. The van der Waals surface area contributed by atoms with Gasteiger partial charge in [0.15, 0.2) is 23.0 Å². The van der Waals surface area contributed by atoms with Gasteiger partial charge in [0.25, 0.3) is 5.56 Å². The van der Waals surface area contributed by atoms with Gasteiger partial charge in [0.05, 0.1) is 31.7 Å². The van der Waals surface area contributed by atoms with Gasteiger partial charge in [-0.3, -0.25) is 13.9 Å². The van der Waals surface area contributed by atoms with E-state index in [0.717, 1.165) is 10.1 Å². The van der Waals surface area contributed by atoms with E-state index in [2.05, 4.69) is 0 Å². The van der Waals surface area contributed by atoms with Gasteiger partial charge in [-0.25, -0.2) is 4.79 Å².